The molecule has 31 heavy (non-hydrogen) atoms. The van der Waals surface area contributed by atoms with Crippen molar-refractivity contribution in [3.8, 4) is 5.75 Å². The first kappa shape index (κ1) is 23.0. The molecule has 3 rings (SSSR count). The van der Waals surface area contributed by atoms with Gasteiger partial charge in [-0.05, 0) is 92.7 Å². The van der Waals surface area contributed by atoms with Gasteiger partial charge in [-0.2, -0.15) is 5.10 Å². The van der Waals surface area contributed by atoms with Crippen molar-refractivity contribution in [1.29, 1.82) is 0 Å². The van der Waals surface area contributed by atoms with Gasteiger partial charge in [0.05, 0.1) is 18.9 Å². The van der Waals surface area contributed by atoms with E-state index in [1.807, 2.05) is 30.3 Å². The molecule has 7 nitrogen and oxygen atoms in total. The monoisotopic (exact) mass is 641 g/mol. The minimum absolute atomic E-state index is 0.239. The van der Waals surface area contributed by atoms with Crippen molar-refractivity contribution in [1.82, 2.24) is 5.43 Å². The van der Waals surface area contributed by atoms with Gasteiger partial charge >= 0.3 is 12.0 Å². The van der Waals surface area contributed by atoms with Crippen LogP contribution in [0.3, 0.4) is 0 Å². The van der Waals surface area contributed by atoms with E-state index >= 15 is 0 Å². The number of carboxylic acid groups (broad SMARTS) is 1. The first-order valence-corrected chi connectivity index (χ1v) is 11.2. The van der Waals surface area contributed by atoms with Crippen LogP contribution in [0.15, 0.2) is 71.8 Å². The smallest absolute Gasteiger partial charge is 0.339 e. The van der Waals surface area contributed by atoms with Gasteiger partial charge in [-0.15, -0.1) is 0 Å². The summed E-state index contributed by atoms with van der Waals surface area (Å²) in [4.78, 5) is 22.8. The van der Waals surface area contributed by atoms with E-state index in [1.165, 1.54) is 0 Å². The second-order valence-electron chi connectivity index (χ2n) is 6.29. The number of para-hydroxylation sites is 1. The summed E-state index contributed by atoms with van der Waals surface area (Å²) in [6, 6.07) is 19.0. The highest BCUT2D eigenvalue weighted by Crippen LogP contribution is 2.29. The van der Waals surface area contributed by atoms with E-state index in [2.05, 4.69) is 61.0 Å². The van der Waals surface area contributed by atoms with Gasteiger partial charge in [-0.3, -0.25) is 0 Å². The highest BCUT2D eigenvalue weighted by atomic mass is 127. The van der Waals surface area contributed by atoms with Crippen molar-refractivity contribution in [2.75, 3.05) is 5.32 Å². The van der Waals surface area contributed by atoms with E-state index in [9.17, 15) is 9.59 Å². The zero-order valence-electron chi connectivity index (χ0n) is 16.0. The molecule has 158 valence electrons. The Hall–Kier alpha value is -2.67. The molecule has 0 bridgehead atoms. The maximum Gasteiger partial charge on any atom is 0.339 e. The zero-order valence-corrected chi connectivity index (χ0v) is 20.3. The van der Waals surface area contributed by atoms with Crippen LogP contribution in [0.2, 0.25) is 0 Å². The molecule has 9 heteroatoms. The maximum absolute atomic E-state index is 11.9. The summed E-state index contributed by atoms with van der Waals surface area (Å²) in [6.07, 6.45) is 1.56. The minimum Gasteiger partial charge on any atom is -0.487 e. The Kier molecular flexibility index (Phi) is 8.23. The van der Waals surface area contributed by atoms with E-state index < -0.39 is 12.0 Å². The lowest BCUT2D eigenvalue weighted by Gasteiger charge is -2.11. The largest absolute Gasteiger partial charge is 0.487 e. The van der Waals surface area contributed by atoms with Crippen LogP contribution in [0, 0.1) is 7.14 Å². The van der Waals surface area contributed by atoms with Crippen LogP contribution in [0.25, 0.3) is 0 Å². The quantitative estimate of drug-likeness (QED) is 0.185. The minimum atomic E-state index is -0.958. The Balaban J connectivity index is 1.58. The van der Waals surface area contributed by atoms with Crippen LogP contribution in [0.5, 0.6) is 5.75 Å². The molecule has 3 aromatic carbocycles. The van der Waals surface area contributed by atoms with Gasteiger partial charge in [0, 0.05) is 5.69 Å². The number of aromatic carboxylic acids is 1. The average molecular weight is 641 g/mol. The van der Waals surface area contributed by atoms with E-state index in [-0.39, 0.29) is 5.56 Å². The first-order chi connectivity index (χ1) is 14.9. The molecule has 0 aliphatic rings. The standard InChI is InChI=1S/C22H17I2N3O4/c23-18-10-15(12-25-27-22(30)26-17-4-2-1-3-5-17)11-19(24)20(18)31-13-14-6-8-16(9-7-14)21(28)29/h1-12H,13H2,(H,28,29)(H2,26,27,30)/b25-12+. The number of nitrogens with one attached hydrogen (secondary N) is 2. The van der Waals surface area contributed by atoms with Crippen LogP contribution in [0.1, 0.15) is 21.5 Å². The molecule has 0 unspecified atom stereocenters. The number of halogens is 2. The number of nitrogens with zero attached hydrogens (tertiary/aromatic N) is 1. The summed E-state index contributed by atoms with van der Waals surface area (Å²) >= 11 is 4.36. The number of carbonyl (C=O) groups excluding carboxylic acids is 1. The number of hydrogen-bond donors (Lipinski definition) is 3. The molecule has 0 aliphatic carbocycles. The summed E-state index contributed by atoms with van der Waals surface area (Å²) in [6.45, 7) is 0.320. The molecule has 0 aromatic heterocycles. The second-order valence-corrected chi connectivity index (χ2v) is 8.62. The number of carbonyl (C=O) groups is 2. The molecule has 3 N–H and O–H groups in total. The molecule has 0 saturated carbocycles. The number of hydrazone groups is 1. The Morgan fingerprint density at radius 2 is 1.65 bits per heavy atom. The molecular weight excluding hydrogens is 624 g/mol. The van der Waals surface area contributed by atoms with E-state index in [0.29, 0.717) is 12.3 Å². The maximum atomic E-state index is 11.9. The summed E-state index contributed by atoms with van der Waals surface area (Å²) in [5.41, 5.74) is 5.03. The van der Waals surface area contributed by atoms with Gasteiger partial charge in [-0.25, -0.2) is 15.0 Å². The lowest BCUT2D eigenvalue weighted by atomic mass is 10.1. The molecule has 0 aliphatic heterocycles. The van der Waals surface area contributed by atoms with Gasteiger partial charge in [0.25, 0.3) is 0 Å². The number of amides is 2. The highest BCUT2D eigenvalue weighted by Gasteiger charge is 2.10. The molecule has 0 heterocycles. The Labute approximate surface area is 206 Å². The van der Waals surface area contributed by atoms with Crippen molar-refractivity contribution in [2.45, 2.75) is 6.61 Å². The third-order valence-electron chi connectivity index (χ3n) is 4.02. The van der Waals surface area contributed by atoms with Gasteiger partial charge in [0.15, 0.2) is 0 Å². The van der Waals surface area contributed by atoms with Crippen molar-refractivity contribution < 1.29 is 19.4 Å². The van der Waals surface area contributed by atoms with Crippen LogP contribution in [-0.2, 0) is 6.61 Å². The first-order valence-electron chi connectivity index (χ1n) is 9.01. The zero-order chi connectivity index (χ0) is 22.2. The highest BCUT2D eigenvalue weighted by molar-refractivity contribution is 14.1. The van der Waals surface area contributed by atoms with Gasteiger partial charge in [0.2, 0.25) is 0 Å². The number of benzene rings is 3. The van der Waals surface area contributed by atoms with Gasteiger partial charge < -0.3 is 15.2 Å². The van der Waals surface area contributed by atoms with Gasteiger partial charge in [-0.1, -0.05) is 30.3 Å². The predicted molar refractivity (Wildman–Crippen MR) is 136 cm³/mol. The predicted octanol–water partition coefficient (Wildman–Crippen LogP) is 5.33. The van der Waals surface area contributed by atoms with Crippen molar-refractivity contribution in [3.05, 3.63) is 90.6 Å². The molecule has 2 amide bonds. The SMILES string of the molecule is O=C(N/N=C/c1cc(I)c(OCc2ccc(C(=O)O)cc2)c(I)c1)Nc1ccccc1. The number of hydrogen-bond acceptors (Lipinski definition) is 4. The lowest BCUT2D eigenvalue weighted by Crippen LogP contribution is -2.24. The normalized spacial score (nSPS) is 10.6. The Bertz CT molecular complexity index is 1080. The summed E-state index contributed by atoms with van der Waals surface area (Å²) in [7, 11) is 0. The third kappa shape index (κ3) is 6.92. The van der Waals surface area contributed by atoms with Crippen molar-refractivity contribution in [2.24, 2.45) is 5.10 Å². The fourth-order valence-electron chi connectivity index (χ4n) is 2.54. The van der Waals surface area contributed by atoms with Crippen LogP contribution < -0.4 is 15.5 Å². The number of rotatable bonds is 7. The van der Waals surface area contributed by atoms with E-state index in [1.54, 1.807) is 42.6 Å². The lowest BCUT2D eigenvalue weighted by molar-refractivity contribution is 0.0697. The molecule has 0 fully saturated rings. The molecule has 0 radical (unpaired) electrons. The number of carboxylic acids is 1. The van der Waals surface area contributed by atoms with Crippen LogP contribution >= 0.6 is 45.2 Å². The number of urea groups is 1. The molecule has 0 saturated heterocycles. The van der Waals surface area contributed by atoms with Crippen molar-refractivity contribution in [3.63, 3.8) is 0 Å². The third-order valence-corrected chi connectivity index (χ3v) is 5.62. The summed E-state index contributed by atoms with van der Waals surface area (Å²) in [5, 5.41) is 15.6. The van der Waals surface area contributed by atoms with E-state index in [4.69, 9.17) is 9.84 Å². The van der Waals surface area contributed by atoms with Crippen LogP contribution in [-0.4, -0.2) is 23.3 Å². The summed E-state index contributed by atoms with van der Waals surface area (Å²) < 4.78 is 7.71. The molecular formula is C22H17I2N3O4. The Morgan fingerprint density at radius 1 is 1.00 bits per heavy atom. The number of ether oxygens (including phenoxy) is 1. The Morgan fingerprint density at radius 3 is 2.26 bits per heavy atom. The van der Waals surface area contributed by atoms with E-state index in [0.717, 1.165) is 24.0 Å². The topological polar surface area (TPSA) is 100 Å². The fourth-order valence-corrected chi connectivity index (χ4v) is 4.66. The van der Waals surface area contributed by atoms with Crippen LogP contribution in [0.4, 0.5) is 10.5 Å². The summed E-state index contributed by atoms with van der Waals surface area (Å²) in [5.74, 6) is -0.226. The van der Waals surface area contributed by atoms with Gasteiger partial charge in [0.1, 0.15) is 12.4 Å². The fraction of sp³-hybridized carbons (Fsp3) is 0.0455. The molecule has 0 atom stereocenters. The average Bonchev–Trinajstić information content (AvgIpc) is 2.74. The number of anilines is 1. The second kappa shape index (κ2) is 11.1. The molecule has 0 spiro atoms. The van der Waals surface area contributed by atoms with Crippen molar-refractivity contribution >= 4 is 69.1 Å². The molecule has 3 aromatic rings.